The van der Waals surface area contributed by atoms with Crippen LogP contribution in [0.3, 0.4) is 0 Å². The average Bonchev–Trinajstić information content (AvgIpc) is 2.62. The number of hydrogen-bond donors (Lipinski definition) is 2. The van der Waals surface area contributed by atoms with E-state index in [1.165, 1.54) is 0 Å². The van der Waals surface area contributed by atoms with E-state index < -0.39 is 0 Å². The summed E-state index contributed by atoms with van der Waals surface area (Å²) in [6.45, 7) is 15.5. The Hall–Kier alpha value is -2.04. The summed E-state index contributed by atoms with van der Waals surface area (Å²) in [5.41, 5.74) is 4.90. The Morgan fingerprint density at radius 1 is 0.700 bits per heavy atom. The molecule has 30 heavy (non-hydrogen) atoms. The van der Waals surface area contributed by atoms with Gasteiger partial charge in [0.15, 0.2) is 0 Å². The van der Waals surface area contributed by atoms with Crippen molar-refractivity contribution in [1.29, 1.82) is 0 Å². The largest absolute Gasteiger partial charge is 0.507 e. The number of benzene rings is 2. The highest BCUT2D eigenvalue weighted by atomic mass is 16.5. The van der Waals surface area contributed by atoms with Gasteiger partial charge in [0, 0.05) is 31.3 Å². The minimum absolute atomic E-state index is 0.208. The standard InChI is InChI=1S/C26H38O4/c1-16(19-10-17(14-29-8)12-21(23(19)27)25(2,3)4)20-11-18(15-30-9)13-22(24(20)28)26(5,6)7/h10-13,16,27-28H,14-15H2,1-9H3. The molecule has 0 radical (unpaired) electrons. The van der Waals surface area contributed by atoms with E-state index in [1.54, 1.807) is 14.2 Å². The maximum atomic E-state index is 11.2. The van der Waals surface area contributed by atoms with Crippen molar-refractivity contribution in [2.24, 2.45) is 0 Å². The molecule has 166 valence electrons. The van der Waals surface area contributed by atoms with E-state index in [-0.39, 0.29) is 28.2 Å². The van der Waals surface area contributed by atoms with Crippen LogP contribution in [-0.4, -0.2) is 24.4 Å². The average molecular weight is 415 g/mol. The number of methoxy groups -OCH3 is 2. The van der Waals surface area contributed by atoms with Crippen molar-refractivity contribution in [2.75, 3.05) is 14.2 Å². The number of aromatic hydroxyl groups is 2. The van der Waals surface area contributed by atoms with Crippen LogP contribution in [0.5, 0.6) is 11.5 Å². The van der Waals surface area contributed by atoms with Crippen molar-refractivity contribution in [3.05, 3.63) is 57.6 Å². The SMILES string of the molecule is COCc1cc(C(C)c2cc(COC)cc(C(C)(C)C)c2O)c(O)c(C(C)(C)C)c1. The van der Waals surface area contributed by atoms with Crippen molar-refractivity contribution in [3.63, 3.8) is 0 Å². The van der Waals surface area contributed by atoms with Crippen LogP contribution >= 0.6 is 0 Å². The third-order valence-corrected chi connectivity index (χ3v) is 5.57. The molecule has 0 saturated carbocycles. The molecule has 0 spiro atoms. The summed E-state index contributed by atoms with van der Waals surface area (Å²) in [6, 6.07) is 7.99. The van der Waals surface area contributed by atoms with Gasteiger partial charge in [0.25, 0.3) is 0 Å². The second kappa shape index (κ2) is 8.99. The number of ether oxygens (including phenoxy) is 2. The molecule has 0 aromatic heterocycles. The van der Waals surface area contributed by atoms with E-state index in [0.717, 1.165) is 33.4 Å². The summed E-state index contributed by atoms with van der Waals surface area (Å²) in [5.74, 6) is 0.355. The number of hydrogen-bond acceptors (Lipinski definition) is 4. The topological polar surface area (TPSA) is 58.9 Å². The molecule has 0 aliphatic heterocycles. The Kier molecular flexibility index (Phi) is 7.26. The van der Waals surface area contributed by atoms with E-state index in [9.17, 15) is 10.2 Å². The van der Waals surface area contributed by atoms with Gasteiger partial charge in [-0.15, -0.1) is 0 Å². The monoisotopic (exact) mass is 414 g/mol. The first-order chi connectivity index (χ1) is 13.8. The minimum atomic E-state index is -0.223. The lowest BCUT2D eigenvalue weighted by atomic mass is 9.78. The zero-order chi connectivity index (χ0) is 22.9. The molecule has 2 aromatic rings. The van der Waals surface area contributed by atoms with Crippen LogP contribution < -0.4 is 0 Å². The molecule has 0 aliphatic rings. The molecule has 0 heterocycles. The van der Waals surface area contributed by atoms with Gasteiger partial charge in [-0.3, -0.25) is 0 Å². The highest BCUT2D eigenvalue weighted by molar-refractivity contribution is 5.55. The van der Waals surface area contributed by atoms with Crippen molar-refractivity contribution in [2.45, 2.75) is 78.4 Å². The van der Waals surface area contributed by atoms with E-state index in [2.05, 4.69) is 41.5 Å². The van der Waals surface area contributed by atoms with Crippen molar-refractivity contribution < 1.29 is 19.7 Å². The number of phenols is 2. The Morgan fingerprint density at radius 3 is 1.30 bits per heavy atom. The van der Waals surface area contributed by atoms with Crippen LogP contribution in [0.25, 0.3) is 0 Å². The van der Waals surface area contributed by atoms with Gasteiger partial charge in [-0.2, -0.15) is 0 Å². The van der Waals surface area contributed by atoms with E-state index in [0.29, 0.717) is 13.2 Å². The van der Waals surface area contributed by atoms with Crippen LogP contribution in [0, 0.1) is 0 Å². The van der Waals surface area contributed by atoms with Crippen LogP contribution in [0.15, 0.2) is 24.3 Å². The third-order valence-electron chi connectivity index (χ3n) is 5.57. The van der Waals surface area contributed by atoms with Crippen molar-refractivity contribution >= 4 is 0 Å². The van der Waals surface area contributed by atoms with Gasteiger partial charge in [0.1, 0.15) is 11.5 Å². The maximum Gasteiger partial charge on any atom is 0.123 e. The first kappa shape index (κ1) is 24.2. The van der Waals surface area contributed by atoms with Crippen LogP contribution in [0.4, 0.5) is 0 Å². The van der Waals surface area contributed by atoms with Crippen LogP contribution in [0.1, 0.15) is 87.8 Å². The molecule has 0 atom stereocenters. The van der Waals surface area contributed by atoms with Crippen molar-refractivity contribution in [1.82, 2.24) is 0 Å². The Labute approximate surface area is 181 Å². The lowest BCUT2D eigenvalue weighted by Gasteiger charge is -2.28. The predicted molar refractivity (Wildman–Crippen MR) is 123 cm³/mol. The van der Waals surface area contributed by atoms with Gasteiger partial charge in [-0.25, -0.2) is 0 Å². The summed E-state index contributed by atoms with van der Waals surface area (Å²) < 4.78 is 10.7. The summed E-state index contributed by atoms with van der Waals surface area (Å²) in [4.78, 5) is 0. The zero-order valence-corrected chi connectivity index (χ0v) is 20.0. The molecule has 4 heteroatoms. The molecule has 0 unspecified atom stereocenters. The molecule has 0 amide bonds. The first-order valence-corrected chi connectivity index (χ1v) is 10.5. The van der Waals surface area contributed by atoms with Gasteiger partial charge in [0.05, 0.1) is 13.2 Å². The maximum absolute atomic E-state index is 11.2. The normalized spacial score (nSPS) is 12.6. The Balaban J connectivity index is 2.74. The molecule has 0 saturated heterocycles. The minimum Gasteiger partial charge on any atom is -0.507 e. The second-order valence-corrected chi connectivity index (χ2v) is 10.3. The lowest BCUT2D eigenvalue weighted by molar-refractivity contribution is 0.184. The number of rotatable bonds is 6. The van der Waals surface area contributed by atoms with Crippen LogP contribution in [0.2, 0.25) is 0 Å². The fraction of sp³-hybridized carbons (Fsp3) is 0.538. The molecule has 0 bridgehead atoms. The van der Waals surface area contributed by atoms with Gasteiger partial charge < -0.3 is 19.7 Å². The third kappa shape index (κ3) is 5.16. The summed E-state index contributed by atoms with van der Waals surface area (Å²) in [5, 5.41) is 22.4. The molecule has 2 rings (SSSR count). The van der Waals surface area contributed by atoms with E-state index >= 15 is 0 Å². The molecule has 2 aromatic carbocycles. The Morgan fingerprint density at radius 2 is 1.03 bits per heavy atom. The van der Waals surface area contributed by atoms with Crippen LogP contribution in [-0.2, 0) is 33.5 Å². The van der Waals surface area contributed by atoms with Crippen molar-refractivity contribution in [3.8, 4) is 11.5 Å². The van der Waals surface area contributed by atoms with E-state index in [1.807, 2.05) is 31.2 Å². The summed E-state index contributed by atoms with van der Waals surface area (Å²) in [6.07, 6.45) is 0. The van der Waals surface area contributed by atoms with Gasteiger partial charge in [-0.05, 0) is 57.3 Å². The first-order valence-electron chi connectivity index (χ1n) is 10.5. The lowest BCUT2D eigenvalue weighted by Crippen LogP contribution is -2.15. The van der Waals surface area contributed by atoms with Gasteiger partial charge >= 0.3 is 0 Å². The number of phenolic OH excluding ortho intramolecular Hbond substituents is 2. The Bertz CT molecular complexity index is 812. The predicted octanol–water partition coefficient (Wildman–Crippen LogP) is 6.14. The summed E-state index contributed by atoms with van der Waals surface area (Å²) in [7, 11) is 3.34. The molecule has 2 N–H and O–H groups in total. The fourth-order valence-electron chi connectivity index (χ4n) is 3.91. The summed E-state index contributed by atoms with van der Waals surface area (Å²) >= 11 is 0. The smallest absolute Gasteiger partial charge is 0.123 e. The van der Waals surface area contributed by atoms with E-state index in [4.69, 9.17) is 9.47 Å². The zero-order valence-electron chi connectivity index (χ0n) is 20.0. The molecule has 0 aliphatic carbocycles. The van der Waals surface area contributed by atoms with Gasteiger partial charge in [0.2, 0.25) is 0 Å². The fourth-order valence-corrected chi connectivity index (χ4v) is 3.91. The molecular weight excluding hydrogens is 376 g/mol. The second-order valence-electron chi connectivity index (χ2n) is 10.3. The molecular formula is C26H38O4. The highest BCUT2D eigenvalue weighted by Crippen LogP contribution is 2.44. The highest BCUT2D eigenvalue weighted by Gasteiger charge is 2.28. The molecule has 0 fully saturated rings. The van der Waals surface area contributed by atoms with Gasteiger partial charge in [-0.1, -0.05) is 48.5 Å². The molecule has 4 nitrogen and oxygen atoms in total. The quantitative estimate of drug-likeness (QED) is 0.596.